The molecule has 1 unspecified atom stereocenters. The van der Waals surface area contributed by atoms with Gasteiger partial charge in [-0.1, -0.05) is 31.5 Å². The molecule has 0 fully saturated rings. The number of ether oxygens (including phenoxy) is 1. The van der Waals surface area contributed by atoms with Gasteiger partial charge in [0.05, 0.1) is 12.3 Å². The number of halogens is 2. The summed E-state index contributed by atoms with van der Waals surface area (Å²) >= 11 is 4.63. The first kappa shape index (κ1) is 21.4. The Morgan fingerprint density at radius 1 is 1.22 bits per heavy atom. The van der Waals surface area contributed by atoms with Crippen LogP contribution in [0.5, 0.6) is 0 Å². The smallest absolute Gasteiger partial charge is 0.319 e. The molecule has 0 aliphatic heterocycles. The summed E-state index contributed by atoms with van der Waals surface area (Å²) in [6.07, 6.45) is 1.45. The number of carbonyl (C=O) groups excluding carboxylic acids is 2. The van der Waals surface area contributed by atoms with Gasteiger partial charge in [0, 0.05) is 14.9 Å². The Morgan fingerprint density at radius 2 is 1.93 bits per heavy atom. The molecule has 1 N–H and O–H groups in total. The second-order valence-corrected chi connectivity index (χ2v) is 7.83. The van der Waals surface area contributed by atoms with Crippen LogP contribution in [0.4, 0.5) is 10.1 Å². The second kappa shape index (κ2) is 10.5. The van der Waals surface area contributed by atoms with Gasteiger partial charge in [-0.05, 0) is 53.5 Å². The van der Waals surface area contributed by atoms with Gasteiger partial charge in [-0.15, -0.1) is 11.8 Å². The molecule has 1 amide bonds. The van der Waals surface area contributed by atoms with Crippen molar-refractivity contribution in [2.45, 2.75) is 36.8 Å². The molecule has 0 spiro atoms. The molecule has 0 radical (unpaired) electrons. The number of hydrogen-bond acceptors (Lipinski definition) is 4. The molecule has 1 atom stereocenters. The van der Waals surface area contributed by atoms with E-state index in [1.165, 1.54) is 23.9 Å². The van der Waals surface area contributed by atoms with E-state index in [2.05, 4.69) is 21.2 Å². The van der Waals surface area contributed by atoms with Crippen LogP contribution in [0.1, 0.15) is 37.0 Å². The molecule has 0 saturated carbocycles. The zero-order valence-electron chi connectivity index (χ0n) is 15.1. The molecule has 0 aromatic heterocycles. The Morgan fingerprint density at radius 3 is 2.56 bits per heavy atom. The van der Waals surface area contributed by atoms with Gasteiger partial charge >= 0.3 is 5.97 Å². The van der Waals surface area contributed by atoms with Gasteiger partial charge < -0.3 is 10.1 Å². The van der Waals surface area contributed by atoms with Crippen LogP contribution >= 0.6 is 27.7 Å². The summed E-state index contributed by atoms with van der Waals surface area (Å²) in [5.41, 5.74) is 0.498. The molecule has 2 rings (SSSR count). The molecule has 7 heteroatoms. The Hall–Kier alpha value is -1.86. The van der Waals surface area contributed by atoms with Gasteiger partial charge in [0.15, 0.2) is 0 Å². The van der Waals surface area contributed by atoms with Gasteiger partial charge in [-0.3, -0.25) is 9.59 Å². The second-order valence-electron chi connectivity index (χ2n) is 5.73. The molecular formula is C20H21BrFNO3S. The van der Waals surface area contributed by atoms with Crippen molar-refractivity contribution >= 4 is 45.3 Å². The van der Waals surface area contributed by atoms with Crippen LogP contribution in [0.3, 0.4) is 0 Å². The van der Waals surface area contributed by atoms with Crippen molar-refractivity contribution in [1.29, 1.82) is 0 Å². The van der Waals surface area contributed by atoms with Crippen LogP contribution in [-0.4, -0.2) is 23.7 Å². The third kappa shape index (κ3) is 6.07. The highest BCUT2D eigenvalue weighted by molar-refractivity contribution is 9.10. The molecule has 27 heavy (non-hydrogen) atoms. The summed E-state index contributed by atoms with van der Waals surface area (Å²) in [4.78, 5) is 25.1. The number of hydrogen-bond donors (Lipinski definition) is 1. The largest absolute Gasteiger partial charge is 0.465 e. The van der Waals surface area contributed by atoms with Crippen molar-refractivity contribution in [3.63, 3.8) is 0 Å². The number of anilines is 1. The zero-order valence-corrected chi connectivity index (χ0v) is 17.5. The zero-order chi connectivity index (χ0) is 19.8. The van der Waals surface area contributed by atoms with Gasteiger partial charge in [0.1, 0.15) is 11.1 Å². The number of esters is 1. The quantitative estimate of drug-likeness (QED) is 0.413. The minimum absolute atomic E-state index is 0.0636. The average molecular weight is 454 g/mol. The van der Waals surface area contributed by atoms with Crippen LogP contribution in [0.25, 0.3) is 0 Å². The Kier molecular flexibility index (Phi) is 8.31. The van der Waals surface area contributed by atoms with Crippen LogP contribution in [-0.2, 0) is 9.53 Å². The van der Waals surface area contributed by atoms with E-state index in [1.54, 1.807) is 37.3 Å². The van der Waals surface area contributed by atoms with Crippen molar-refractivity contribution in [3.8, 4) is 0 Å². The van der Waals surface area contributed by atoms with E-state index in [0.29, 0.717) is 28.0 Å². The first-order chi connectivity index (χ1) is 13.0. The lowest BCUT2D eigenvalue weighted by atomic mass is 10.2. The lowest BCUT2D eigenvalue weighted by molar-refractivity contribution is -0.142. The van der Waals surface area contributed by atoms with Gasteiger partial charge in [-0.2, -0.15) is 0 Å². The highest BCUT2D eigenvalue weighted by Gasteiger charge is 2.22. The van der Waals surface area contributed by atoms with Crippen molar-refractivity contribution in [2.75, 3.05) is 11.9 Å². The number of nitrogens with one attached hydrogen (secondary N) is 1. The van der Waals surface area contributed by atoms with E-state index in [9.17, 15) is 14.0 Å². The minimum atomic E-state index is -0.557. The SMILES string of the molecule is CCCC(Sc1cc(NC(=O)c2ccccc2)c(F)cc1Br)C(=O)OCC. The lowest BCUT2D eigenvalue weighted by Crippen LogP contribution is -2.20. The standard InChI is InChI=1S/C20H21BrFNO3S/c1-3-8-17(20(25)26-4-2)27-18-12-16(15(22)11-14(18)21)23-19(24)13-9-6-5-7-10-13/h5-7,9-12,17H,3-4,8H2,1-2H3,(H,23,24). The number of thioether (sulfide) groups is 1. The maximum atomic E-state index is 14.3. The first-order valence-corrected chi connectivity index (χ1v) is 10.3. The third-order valence-corrected chi connectivity index (χ3v) is 5.90. The summed E-state index contributed by atoms with van der Waals surface area (Å²) in [5.74, 6) is -1.25. The van der Waals surface area contributed by atoms with Crippen molar-refractivity contribution in [1.82, 2.24) is 0 Å². The van der Waals surface area contributed by atoms with Crippen LogP contribution < -0.4 is 5.32 Å². The number of amides is 1. The number of benzene rings is 2. The van der Waals surface area contributed by atoms with Crippen molar-refractivity contribution in [2.24, 2.45) is 0 Å². The van der Waals surface area contributed by atoms with E-state index in [0.717, 1.165) is 6.42 Å². The molecule has 144 valence electrons. The maximum Gasteiger partial charge on any atom is 0.319 e. The van der Waals surface area contributed by atoms with Crippen molar-refractivity contribution < 1.29 is 18.7 Å². The fourth-order valence-corrected chi connectivity index (χ4v) is 4.15. The average Bonchev–Trinajstić information content (AvgIpc) is 2.65. The van der Waals surface area contributed by atoms with Crippen LogP contribution in [0.15, 0.2) is 51.8 Å². The number of carbonyl (C=O) groups is 2. The molecule has 4 nitrogen and oxygen atoms in total. The summed E-state index contributed by atoms with van der Waals surface area (Å²) in [5, 5.41) is 2.20. The topological polar surface area (TPSA) is 55.4 Å². The van der Waals surface area contributed by atoms with E-state index in [-0.39, 0.29) is 11.7 Å². The van der Waals surface area contributed by atoms with Crippen LogP contribution in [0, 0.1) is 5.82 Å². The molecule has 0 bridgehead atoms. The summed E-state index contributed by atoms with van der Waals surface area (Å²) < 4.78 is 20.0. The highest BCUT2D eigenvalue weighted by atomic mass is 79.9. The monoisotopic (exact) mass is 453 g/mol. The molecular weight excluding hydrogens is 433 g/mol. The predicted octanol–water partition coefficient (Wildman–Crippen LogP) is 5.66. The molecule has 0 heterocycles. The molecule has 2 aromatic rings. The normalized spacial score (nSPS) is 11.7. The fraction of sp³-hybridized carbons (Fsp3) is 0.300. The highest BCUT2D eigenvalue weighted by Crippen LogP contribution is 2.36. The first-order valence-electron chi connectivity index (χ1n) is 8.65. The van der Waals surface area contributed by atoms with E-state index in [4.69, 9.17) is 4.74 Å². The Labute approximate surface area is 171 Å². The molecule has 0 aliphatic rings. The Balaban J connectivity index is 2.23. The fourth-order valence-electron chi connectivity index (χ4n) is 2.37. The molecule has 0 aliphatic carbocycles. The van der Waals surface area contributed by atoms with Gasteiger partial charge in [0.25, 0.3) is 5.91 Å². The van der Waals surface area contributed by atoms with E-state index in [1.807, 2.05) is 6.92 Å². The van der Waals surface area contributed by atoms with Crippen LogP contribution in [0.2, 0.25) is 0 Å². The lowest BCUT2D eigenvalue weighted by Gasteiger charge is -2.16. The summed E-state index contributed by atoms with van der Waals surface area (Å²) in [6, 6.07) is 11.4. The minimum Gasteiger partial charge on any atom is -0.465 e. The van der Waals surface area contributed by atoms with E-state index >= 15 is 0 Å². The predicted molar refractivity (Wildman–Crippen MR) is 110 cm³/mol. The molecule has 0 saturated heterocycles. The maximum absolute atomic E-state index is 14.3. The van der Waals surface area contributed by atoms with Gasteiger partial charge in [-0.25, -0.2) is 4.39 Å². The third-order valence-electron chi connectivity index (χ3n) is 3.68. The van der Waals surface area contributed by atoms with E-state index < -0.39 is 17.0 Å². The number of rotatable bonds is 8. The van der Waals surface area contributed by atoms with Gasteiger partial charge in [0.2, 0.25) is 0 Å². The summed E-state index contributed by atoms with van der Waals surface area (Å²) in [6.45, 7) is 4.05. The van der Waals surface area contributed by atoms with Crippen molar-refractivity contribution in [3.05, 3.63) is 58.3 Å². The summed E-state index contributed by atoms with van der Waals surface area (Å²) in [7, 11) is 0. The molecule has 2 aromatic carbocycles. The Bertz CT molecular complexity index is 801.